The lowest BCUT2D eigenvalue weighted by Gasteiger charge is -2.31. The zero-order valence-electron chi connectivity index (χ0n) is 10.6. The molecule has 2 aromatic rings. The maximum Gasteiger partial charge on any atom is 0.250 e. The number of hydrogen-bond acceptors (Lipinski definition) is 4. The number of nitrogens with one attached hydrogen (secondary N) is 2. The number of aromatic amines is 1. The van der Waals surface area contributed by atoms with Crippen molar-refractivity contribution in [1.82, 2.24) is 15.3 Å². The van der Waals surface area contributed by atoms with Gasteiger partial charge in [-0.3, -0.25) is 4.79 Å². The van der Waals surface area contributed by atoms with Gasteiger partial charge in [0.05, 0.1) is 16.6 Å². The topological polar surface area (TPSA) is 110 Å². The van der Waals surface area contributed by atoms with Crippen LogP contribution in [0.5, 0.6) is 0 Å². The molecular formula is C13H17N5O. The summed E-state index contributed by atoms with van der Waals surface area (Å²) in [4.78, 5) is 19.2. The number of imidazole rings is 1. The minimum atomic E-state index is -0.472. The minimum absolute atomic E-state index is 0.428. The van der Waals surface area contributed by atoms with Crippen molar-refractivity contribution < 1.29 is 4.79 Å². The van der Waals surface area contributed by atoms with Gasteiger partial charge in [0.1, 0.15) is 11.3 Å². The normalized spacial score (nSPS) is 18.6. The van der Waals surface area contributed by atoms with Crippen LogP contribution in [0.25, 0.3) is 11.0 Å². The molecule has 1 amide bonds. The zero-order valence-corrected chi connectivity index (χ0v) is 10.6. The molecule has 0 bridgehead atoms. The quantitative estimate of drug-likeness (QED) is 0.617. The van der Waals surface area contributed by atoms with Crippen molar-refractivity contribution in [3.63, 3.8) is 0 Å². The Labute approximate surface area is 110 Å². The zero-order chi connectivity index (χ0) is 13.5. The van der Waals surface area contributed by atoms with Crippen LogP contribution in [0.2, 0.25) is 0 Å². The first-order valence-corrected chi connectivity index (χ1v) is 6.39. The molecule has 1 aliphatic rings. The average molecular weight is 259 g/mol. The molecule has 3 rings (SSSR count). The van der Waals surface area contributed by atoms with Crippen molar-refractivity contribution in [2.75, 3.05) is 13.1 Å². The van der Waals surface area contributed by atoms with Gasteiger partial charge in [0, 0.05) is 0 Å². The molecule has 6 N–H and O–H groups in total. The Hall–Kier alpha value is -1.92. The average Bonchev–Trinajstić information content (AvgIpc) is 2.83. The molecule has 0 unspecified atom stereocenters. The van der Waals surface area contributed by atoms with Crippen molar-refractivity contribution in [3.05, 3.63) is 29.6 Å². The van der Waals surface area contributed by atoms with E-state index < -0.39 is 11.4 Å². The molecule has 0 aliphatic carbocycles. The Kier molecular flexibility index (Phi) is 2.76. The molecule has 6 nitrogen and oxygen atoms in total. The second kappa shape index (κ2) is 4.32. The molecule has 1 saturated heterocycles. The number of aromatic nitrogens is 2. The van der Waals surface area contributed by atoms with Crippen LogP contribution in [0.1, 0.15) is 29.0 Å². The summed E-state index contributed by atoms with van der Waals surface area (Å²) in [5, 5.41) is 3.28. The molecule has 1 aromatic heterocycles. The Bertz CT molecular complexity index is 627. The van der Waals surface area contributed by atoms with Crippen LogP contribution in [0.4, 0.5) is 0 Å². The van der Waals surface area contributed by atoms with E-state index in [0.717, 1.165) is 37.3 Å². The van der Waals surface area contributed by atoms with Gasteiger partial charge in [-0.1, -0.05) is 6.07 Å². The summed E-state index contributed by atoms with van der Waals surface area (Å²) in [6.45, 7) is 1.74. The summed E-state index contributed by atoms with van der Waals surface area (Å²) in [5.41, 5.74) is 13.2. The van der Waals surface area contributed by atoms with E-state index >= 15 is 0 Å². The predicted molar refractivity (Wildman–Crippen MR) is 72.6 cm³/mol. The number of para-hydroxylation sites is 1. The lowest BCUT2D eigenvalue weighted by Crippen LogP contribution is -2.47. The third-order valence-corrected chi connectivity index (χ3v) is 3.75. The first kappa shape index (κ1) is 12.1. The third kappa shape index (κ3) is 1.98. The SMILES string of the molecule is NC(=O)c1cccc2[nH]c(C3(N)CCNCC3)nc12. The number of primary amides is 1. The van der Waals surface area contributed by atoms with Gasteiger partial charge in [-0.15, -0.1) is 0 Å². The number of carbonyl (C=O) groups is 1. The molecule has 19 heavy (non-hydrogen) atoms. The third-order valence-electron chi connectivity index (χ3n) is 3.75. The van der Waals surface area contributed by atoms with Crippen LogP contribution >= 0.6 is 0 Å². The van der Waals surface area contributed by atoms with E-state index in [1.54, 1.807) is 12.1 Å². The van der Waals surface area contributed by atoms with Gasteiger partial charge in [0.15, 0.2) is 0 Å². The number of hydrogen-bond donors (Lipinski definition) is 4. The highest BCUT2D eigenvalue weighted by Gasteiger charge is 2.32. The molecule has 0 saturated carbocycles. The summed E-state index contributed by atoms with van der Waals surface area (Å²) >= 11 is 0. The number of nitrogens with zero attached hydrogens (tertiary/aromatic N) is 1. The van der Waals surface area contributed by atoms with E-state index in [1.807, 2.05) is 6.07 Å². The number of benzene rings is 1. The fraction of sp³-hybridized carbons (Fsp3) is 0.385. The highest BCUT2D eigenvalue weighted by Crippen LogP contribution is 2.28. The summed E-state index contributed by atoms with van der Waals surface area (Å²) in [6, 6.07) is 5.35. The lowest BCUT2D eigenvalue weighted by atomic mass is 9.89. The Morgan fingerprint density at radius 1 is 1.32 bits per heavy atom. The second-order valence-electron chi connectivity index (χ2n) is 5.06. The highest BCUT2D eigenvalue weighted by atomic mass is 16.1. The molecule has 1 fully saturated rings. The van der Waals surface area contributed by atoms with E-state index in [1.165, 1.54) is 0 Å². The summed E-state index contributed by atoms with van der Waals surface area (Å²) < 4.78 is 0. The first-order chi connectivity index (χ1) is 9.10. The number of amides is 1. The van der Waals surface area contributed by atoms with Crippen LogP contribution in [-0.2, 0) is 5.54 Å². The fourth-order valence-corrected chi connectivity index (χ4v) is 2.58. The van der Waals surface area contributed by atoms with E-state index in [0.29, 0.717) is 11.1 Å². The van der Waals surface area contributed by atoms with Crippen molar-refractivity contribution in [2.24, 2.45) is 11.5 Å². The van der Waals surface area contributed by atoms with Crippen LogP contribution in [0.3, 0.4) is 0 Å². The Morgan fingerprint density at radius 3 is 2.74 bits per heavy atom. The molecular weight excluding hydrogens is 242 g/mol. The van der Waals surface area contributed by atoms with Crippen LogP contribution in [-0.4, -0.2) is 29.0 Å². The van der Waals surface area contributed by atoms with Gasteiger partial charge in [-0.25, -0.2) is 4.98 Å². The number of H-pyrrole nitrogens is 1. The van der Waals surface area contributed by atoms with Crippen LogP contribution in [0, 0.1) is 0 Å². The van der Waals surface area contributed by atoms with E-state index in [2.05, 4.69) is 15.3 Å². The molecule has 1 aromatic carbocycles. The summed E-state index contributed by atoms with van der Waals surface area (Å²) in [7, 11) is 0. The maximum atomic E-state index is 11.4. The molecule has 0 spiro atoms. The van der Waals surface area contributed by atoms with Crippen molar-refractivity contribution in [3.8, 4) is 0 Å². The van der Waals surface area contributed by atoms with Crippen LogP contribution in [0.15, 0.2) is 18.2 Å². The summed E-state index contributed by atoms with van der Waals surface area (Å²) in [6.07, 6.45) is 1.64. The first-order valence-electron chi connectivity index (χ1n) is 6.39. The maximum absolute atomic E-state index is 11.4. The number of nitrogens with two attached hydrogens (primary N) is 2. The lowest BCUT2D eigenvalue weighted by molar-refractivity contribution is 0.100. The van der Waals surface area contributed by atoms with Gasteiger partial charge in [-0.2, -0.15) is 0 Å². The molecule has 2 heterocycles. The van der Waals surface area contributed by atoms with Gasteiger partial charge in [0.2, 0.25) is 0 Å². The Morgan fingerprint density at radius 2 is 2.05 bits per heavy atom. The molecule has 6 heteroatoms. The number of rotatable bonds is 2. The number of piperidine rings is 1. The van der Waals surface area contributed by atoms with Gasteiger partial charge < -0.3 is 21.8 Å². The van der Waals surface area contributed by atoms with E-state index in [-0.39, 0.29) is 0 Å². The van der Waals surface area contributed by atoms with Gasteiger partial charge in [0.25, 0.3) is 5.91 Å². The van der Waals surface area contributed by atoms with Crippen molar-refractivity contribution in [2.45, 2.75) is 18.4 Å². The molecule has 0 atom stereocenters. The molecule has 100 valence electrons. The predicted octanol–water partition coefficient (Wildman–Crippen LogP) is 0.199. The highest BCUT2D eigenvalue weighted by molar-refractivity contribution is 6.04. The fourth-order valence-electron chi connectivity index (χ4n) is 2.58. The summed E-state index contributed by atoms with van der Waals surface area (Å²) in [5.74, 6) is 0.262. The van der Waals surface area contributed by atoms with E-state index in [4.69, 9.17) is 11.5 Å². The Balaban J connectivity index is 2.11. The van der Waals surface area contributed by atoms with E-state index in [9.17, 15) is 4.79 Å². The van der Waals surface area contributed by atoms with Gasteiger partial charge >= 0.3 is 0 Å². The minimum Gasteiger partial charge on any atom is -0.366 e. The second-order valence-corrected chi connectivity index (χ2v) is 5.06. The van der Waals surface area contributed by atoms with Crippen molar-refractivity contribution >= 4 is 16.9 Å². The standard InChI is InChI=1S/C13H17N5O/c14-11(19)8-2-1-3-9-10(8)18-12(17-9)13(15)4-6-16-7-5-13/h1-3,16H,4-7,15H2,(H2,14,19)(H,17,18). The smallest absolute Gasteiger partial charge is 0.250 e. The number of carbonyl (C=O) groups excluding carboxylic acids is 1. The van der Waals surface area contributed by atoms with Crippen molar-refractivity contribution in [1.29, 1.82) is 0 Å². The monoisotopic (exact) mass is 259 g/mol. The molecule has 0 radical (unpaired) electrons. The van der Waals surface area contributed by atoms with Crippen LogP contribution < -0.4 is 16.8 Å². The van der Waals surface area contributed by atoms with Gasteiger partial charge in [-0.05, 0) is 38.1 Å². The largest absolute Gasteiger partial charge is 0.366 e. The number of fused-ring (bicyclic) bond motifs is 1. The molecule has 1 aliphatic heterocycles.